The van der Waals surface area contributed by atoms with E-state index in [9.17, 15) is 24.3 Å². The normalized spacial score (nSPS) is 14.6. The Morgan fingerprint density at radius 2 is 1.76 bits per heavy atom. The van der Waals surface area contributed by atoms with Crippen molar-refractivity contribution in [2.24, 2.45) is 0 Å². The Balaban J connectivity index is 1.98. The number of aromatic hydroxyl groups is 1. The highest BCUT2D eigenvalue weighted by Crippen LogP contribution is 2.34. The maximum atomic E-state index is 14.5. The van der Waals surface area contributed by atoms with Gasteiger partial charge in [-0.2, -0.15) is 0 Å². The summed E-state index contributed by atoms with van der Waals surface area (Å²) in [5.41, 5.74) is 1.48. The molecule has 2 aromatic rings. The second kappa shape index (κ2) is 14.7. The van der Waals surface area contributed by atoms with Crippen LogP contribution in [0.25, 0.3) is 0 Å². The molecule has 0 aliphatic heterocycles. The average Bonchev–Trinajstić information content (AvgIpc) is 2.87. The van der Waals surface area contributed by atoms with Gasteiger partial charge < -0.3 is 30.1 Å². The number of hydrogen-bond acceptors (Lipinski definition) is 7. The molecule has 0 radical (unpaired) electrons. The molecule has 3 N–H and O–H groups in total. The molecule has 3 rings (SSSR count). The van der Waals surface area contributed by atoms with E-state index in [2.05, 4.69) is 10.6 Å². The number of esters is 1. The lowest BCUT2D eigenvalue weighted by Gasteiger charge is -2.43. The number of alkyl carbamates (subject to hydrolysis) is 1. The first-order valence-electron chi connectivity index (χ1n) is 14.5. The molecule has 1 aliphatic carbocycles. The number of ether oxygens (including phenoxy) is 2. The van der Waals surface area contributed by atoms with Crippen LogP contribution < -0.4 is 10.6 Å². The Hall–Kier alpha value is -4.08. The van der Waals surface area contributed by atoms with Gasteiger partial charge in [0.05, 0.1) is 13.0 Å². The number of aryl methyl sites for hydroxylation is 1. The molecule has 1 fully saturated rings. The molecule has 2 unspecified atom stereocenters. The van der Waals surface area contributed by atoms with E-state index in [1.807, 2.05) is 25.1 Å². The third-order valence-corrected chi connectivity index (χ3v) is 6.91. The van der Waals surface area contributed by atoms with Crippen LogP contribution in [-0.2, 0) is 30.3 Å². The summed E-state index contributed by atoms with van der Waals surface area (Å²) in [6.07, 6.45) is 1.69. The molecule has 2 aromatic carbocycles. The number of benzene rings is 2. The molecule has 228 valence electrons. The smallest absolute Gasteiger partial charge is 0.408 e. The van der Waals surface area contributed by atoms with E-state index >= 15 is 0 Å². The number of rotatable bonds is 12. The first-order chi connectivity index (χ1) is 19.9. The summed E-state index contributed by atoms with van der Waals surface area (Å²) < 4.78 is 10.5. The third-order valence-electron chi connectivity index (χ3n) is 6.91. The van der Waals surface area contributed by atoms with Crippen LogP contribution in [0, 0.1) is 6.92 Å². The standard InChI is InChI=1S/C32H43N3O7/c1-6-41-27(37)17-18-33-29(38)28(23-10-7-9-21(2)19-23)35(24-11-8-12-24)30(39)26(34-31(40)42-32(3,4)5)20-22-13-15-25(36)16-14-22/h7,9-10,13-16,19,24,26,28,36H,6,8,11-12,17-18,20H2,1-5H3,(H,33,38)(H,34,40). The van der Waals surface area contributed by atoms with Crippen molar-refractivity contribution in [3.8, 4) is 5.75 Å². The molecule has 10 heteroatoms. The predicted molar refractivity (Wildman–Crippen MR) is 158 cm³/mol. The summed E-state index contributed by atoms with van der Waals surface area (Å²) in [5, 5.41) is 15.3. The van der Waals surface area contributed by atoms with Crippen molar-refractivity contribution in [3.63, 3.8) is 0 Å². The first kappa shape index (κ1) is 32.4. The molecule has 1 saturated carbocycles. The van der Waals surface area contributed by atoms with Gasteiger partial charge in [-0.1, -0.05) is 42.0 Å². The van der Waals surface area contributed by atoms with Gasteiger partial charge in [-0.3, -0.25) is 14.4 Å². The van der Waals surface area contributed by atoms with Gasteiger partial charge in [0, 0.05) is 19.0 Å². The first-order valence-corrected chi connectivity index (χ1v) is 14.5. The van der Waals surface area contributed by atoms with Gasteiger partial charge in [0.1, 0.15) is 23.4 Å². The number of phenols is 1. The van der Waals surface area contributed by atoms with Crippen molar-refractivity contribution in [2.75, 3.05) is 13.2 Å². The number of phenolic OH excluding ortho intramolecular Hbond substituents is 1. The van der Waals surface area contributed by atoms with Crippen LogP contribution in [-0.4, -0.2) is 64.7 Å². The molecule has 0 heterocycles. The fourth-order valence-corrected chi connectivity index (χ4v) is 4.78. The van der Waals surface area contributed by atoms with Crippen molar-refractivity contribution in [2.45, 2.75) is 90.4 Å². The Labute approximate surface area is 247 Å². The summed E-state index contributed by atoms with van der Waals surface area (Å²) in [6, 6.07) is 11.5. The van der Waals surface area contributed by atoms with Crippen LogP contribution in [0.2, 0.25) is 0 Å². The molecule has 10 nitrogen and oxygen atoms in total. The van der Waals surface area contributed by atoms with E-state index in [-0.39, 0.29) is 37.8 Å². The van der Waals surface area contributed by atoms with Crippen LogP contribution in [0.5, 0.6) is 5.75 Å². The molecule has 0 spiro atoms. The summed E-state index contributed by atoms with van der Waals surface area (Å²) in [7, 11) is 0. The van der Waals surface area contributed by atoms with E-state index in [0.717, 1.165) is 12.0 Å². The minimum Gasteiger partial charge on any atom is -0.508 e. The zero-order valence-electron chi connectivity index (χ0n) is 25.1. The summed E-state index contributed by atoms with van der Waals surface area (Å²) in [5.74, 6) is -1.19. The Kier molecular flexibility index (Phi) is 11.4. The topological polar surface area (TPSA) is 134 Å². The fourth-order valence-electron chi connectivity index (χ4n) is 4.78. The fraction of sp³-hybridized carbons (Fsp3) is 0.500. The third kappa shape index (κ3) is 9.49. The highest BCUT2D eigenvalue weighted by Gasteiger charge is 2.42. The summed E-state index contributed by atoms with van der Waals surface area (Å²) in [4.78, 5) is 54.7. The summed E-state index contributed by atoms with van der Waals surface area (Å²) >= 11 is 0. The zero-order chi connectivity index (χ0) is 30.9. The number of carbonyl (C=O) groups is 4. The van der Waals surface area contributed by atoms with E-state index in [4.69, 9.17) is 9.47 Å². The predicted octanol–water partition coefficient (Wildman–Crippen LogP) is 4.33. The van der Waals surface area contributed by atoms with Gasteiger partial charge in [-0.05, 0) is 77.1 Å². The molecule has 0 aromatic heterocycles. The van der Waals surface area contributed by atoms with Crippen LogP contribution >= 0.6 is 0 Å². The Morgan fingerprint density at radius 1 is 1.07 bits per heavy atom. The van der Waals surface area contributed by atoms with E-state index in [1.54, 1.807) is 50.8 Å². The van der Waals surface area contributed by atoms with E-state index in [0.29, 0.717) is 24.0 Å². The molecule has 2 atom stereocenters. The van der Waals surface area contributed by atoms with Crippen molar-refractivity contribution in [1.82, 2.24) is 15.5 Å². The van der Waals surface area contributed by atoms with Gasteiger partial charge in [0.2, 0.25) is 11.8 Å². The van der Waals surface area contributed by atoms with Gasteiger partial charge in [-0.15, -0.1) is 0 Å². The van der Waals surface area contributed by atoms with Gasteiger partial charge in [0.15, 0.2) is 0 Å². The van der Waals surface area contributed by atoms with Crippen molar-refractivity contribution in [1.29, 1.82) is 0 Å². The Morgan fingerprint density at radius 3 is 2.33 bits per heavy atom. The second-order valence-electron chi connectivity index (χ2n) is 11.6. The maximum absolute atomic E-state index is 14.5. The van der Waals surface area contributed by atoms with Gasteiger partial charge in [-0.25, -0.2) is 4.79 Å². The Bertz CT molecular complexity index is 1240. The quantitative estimate of drug-likeness (QED) is 0.318. The molecule has 1 aliphatic rings. The minimum absolute atomic E-state index is 0.00116. The molecule has 0 bridgehead atoms. The lowest BCUT2D eigenvalue weighted by Crippen LogP contribution is -2.58. The highest BCUT2D eigenvalue weighted by molar-refractivity contribution is 5.92. The monoisotopic (exact) mass is 581 g/mol. The van der Waals surface area contributed by atoms with E-state index in [1.165, 1.54) is 12.1 Å². The number of nitrogens with zero attached hydrogens (tertiary/aromatic N) is 1. The summed E-state index contributed by atoms with van der Waals surface area (Å²) in [6.45, 7) is 9.13. The number of amides is 3. The van der Waals surface area contributed by atoms with Crippen molar-refractivity contribution < 1.29 is 33.8 Å². The van der Waals surface area contributed by atoms with Crippen LogP contribution in [0.4, 0.5) is 4.79 Å². The van der Waals surface area contributed by atoms with Crippen LogP contribution in [0.1, 0.15) is 76.1 Å². The minimum atomic E-state index is -1.05. The van der Waals surface area contributed by atoms with E-state index < -0.39 is 41.6 Å². The highest BCUT2D eigenvalue weighted by atomic mass is 16.6. The van der Waals surface area contributed by atoms with Crippen LogP contribution in [0.15, 0.2) is 48.5 Å². The molecular formula is C32H43N3O7. The van der Waals surface area contributed by atoms with Gasteiger partial charge in [0.25, 0.3) is 0 Å². The number of hydrogen-bond donors (Lipinski definition) is 3. The van der Waals surface area contributed by atoms with Crippen molar-refractivity contribution >= 4 is 23.9 Å². The largest absolute Gasteiger partial charge is 0.508 e. The average molecular weight is 582 g/mol. The number of nitrogens with one attached hydrogen (secondary N) is 2. The molecule has 42 heavy (non-hydrogen) atoms. The van der Waals surface area contributed by atoms with Crippen molar-refractivity contribution in [3.05, 3.63) is 65.2 Å². The molecular weight excluding hydrogens is 538 g/mol. The lowest BCUT2D eigenvalue weighted by molar-refractivity contribution is -0.148. The zero-order valence-corrected chi connectivity index (χ0v) is 25.1. The number of carbonyl (C=O) groups excluding carboxylic acids is 4. The molecule has 0 saturated heterocycles. The van der Waals surface area contributed by atoms with Crippen LogP contribution in [0.3, 0.4) is 0 Å². The van der Waals surface area contributed by atoms with Gasteiger partial charge >= 0.3 is 12.1 Å². The SMILES string of the molecule is CCOC(=O)CCNC(=O)C(c1cccc(C)c1)N(C(=O)C(Cc1ccc(O)cc1)NC(=O)OC(C)(C)C)C1CCC1. The second-order valence-corrected chi connectivity index (χ2v) is 11.6. The molecule has 3 amide bonds. The lowest BCUT2D eigenvalue weighted by atomic mass is 9.87. The maximum Gasteiger partial charge on any atom is 0.408 e.